The van der Waals surface area contributed by atoms with Gasteiger partial charge in [-0.1, -0.05) is 37.3 Å². The number of carbonyl (C=O) groups excluding carboxylic acids is 1. The SMILES string of the molecule is CCc1ccc(OCC(=O)NCc2cccc(CN3CCCC3)c2)c(Br)c1. The maximum Gasteiger partial charge on any atom is 0.258 e. The highest BCUT2D eigenvalue weighted by Gasteiger charge is 2.12. The van der Waals surface area contributed by atoms with Crippen molar-refractivity contribution >= 4 is 21.8 Å². The lowest BCUT2D eigenvalue weighted by Crippen LogP contribution is -2.28. The van der Waals surface area contributed by atoms with Gasteiger partial charge in [-0.25, -0.2) is 0 Å². The Morgan fingerprint density at radius 1 is 1.11 bits per heavy atom. The maximum absolute atomic E-state index is 12.1. The number of hydrogen-bond donors (Lipinski definition) is 1. The molecule has 2 aromatic rings. The van der Waals surface area contributed by atoms with Crippen LogP contribution in [0, 0.1) is 0 Å². The van der Waals surface area contributed by atoms with Gasteiger partial charge in [-0.2, -0.15) is 0 Å². The number of nitrogens with zero attached hydrogens (tertiary/aromatic N) is 1. The van der Waals surface area contributed by atoms with Crippen molar-refractivity contribution in [3.8, 4) is 5.75 Å². The molecule has 5 heteroatoms. The van der Waals surface area contributed by atoms with Crippen LogP contribution >= 0.6 is 15.9 Å². The van der Waals surface area contributed by atoms with Gasteiger partial charge in [-0.15, -0.1) is 0 Å². The molecule has 1 aliphatic heterocycles. The Bertz CT molecular complexity index is 773. The third-order valence-electron chi connectivity index (χ3n) is 4.85. The van der Waals surface area contributed by atoms with Crippen LogP contribution in [-0.2, 0) is 24.3 Å². The van der Waals surface area contributed by atoms with Crippen LogP contribution in [0.25, 0.3) is 0 Å². The Hall–Kier alpha value is -1.85. The number of likely N-dealkylation sites (tertiary alicyclic amines) is 1. The van der Waals surface area contributed by atoms with Crippen molar-refractivity contribution in [2.75, 3.05) is 19.7 Å². The van der Waals surface area contributed by atoms with Gasteiger partial charge in [0.1, 0.15) is 5.75 Å². The Kier molecular flexibility index (Phi) is 7.30. The van der Waals surface area contributed by atoms with Crippen LogP contribution in [0.15, 0.2) is 46.9 Å². The monoisotopic (exact) mass is 430 g/mol. The topological polar surface area (TPSA) is 41.6 Å². The van der Waals surface area contributed by atoms with Gasteiger partial charge in [0.2, 0.25) is 0 Å². The summed E-state index contributed by atoms with van der Waals surface area (Å²) in [6.07, 6.45) is 3.57. The van der Waals surface area contributed by atoms with Crippen molar-refractivity contribution in [2.24, 2.45) is 0 Å². The van der Waals surface area contributed by atoms with E-state index in [1.54, 1.807) is 0 Å². The number of hydrogen-bond acceptors (Lipinski definition) is 3. The number of carbonyl (C=O) groups is 1. The largest absolute Gasteiger partial charge is 0.483 e. The summed E-state index contributed by atoms with van der Waals surface area (Å²) < 4.78 is 6.51. The predicted molar refractivity (Wildman–Crippen MR) is 112 cm³/mol. The second kappa shape index (κ2) is 9.90. The summed E-state index contributed by atoms with van der Waals surface area (Å²) in [7, 11) is 0. The molecule has 144 valence electrons. The zero-order valence-electron chi connectivity index (χ0n) is 15.8. The summed E-state index contributed by atoms with van der Waals surface area (Å²) >= 11 is 3.50. The van der Waals surface area contributed by atoms with Gasteiger partial charge in [-0.05, 0) is 77.1 Å². The van der Waals surface area contributed by atoms with E-state index < -0.39 is 0 Å². The van der Waals surface area contributed by atoms with Crippen molar-refractivity contribution in [1.29, 1.82) is 0 Å². The minimum absolute atomic E-state index is 0.0114. The average molecular weight is 431 g/mol. The van der Waals surface area contributed by atoms with Gasteiger partial charge in [0.25, 0.3) is 5.91 Å². The smallest absolute Gasteiger partial charge is 0.258 e. The first-order valence-electron chi connectivity index (χ1n) is 9.62. The van der Waals surface area contributed by atoms with E-state index in [0.29, 0.717) is 12.3 Å². The second-order valence-electron chi connectivity index (χ2n) is 6.99. The summed E-state index contributed by atoms with van der Waals surface area (Å²) in [6, 6.07) is 14.4. The standard InChI is InChI=1S/C22H27BrN2O2/c1-2-17-8-9-21(20(23)13-17)27-16-22(26)24-14-18-6-5-7-19(12-18)15-25-10-3-4-11-25/h5-9,12-13H,2-4,10-11,14-16H2,1H3,(H,24,26). The van der Waals surface area contributed by atoms with Crippen LogP contribution < -0.4 is 10.1 Å². The summed E-state index contributed by atoms with van der Waals surface area (Å²) in [5, 5.41) is 2.94. The quantitative estimate of drug-likeness (QED) is 0.678. The molecule has 0 atom stereocenters. The third kappa shape index (κ3) is 6.08. The molecule has 0 radical (unpaired) electrons. The molecular weight excluding hydrogens is 404 g/mol. The van der Waals surface area contributed by atoms with E-state index >= 15 is 0 Å². The van der Waals surface area contributed by atoms with E-state index in [1.807, 2.05) is 18.2 Å². The average Bonchev–Trinajstić information content (AvgIpc) is 3.18. The van der Waals surface area contributed by atoms with Gasteiger partial charge in [0, 0.05) is 13.1 Å². The molecule has 27 heavy (non-hydrogen) atoms. The Balaban J connectivity index is 1.46. The predicted octanol–water partition coefficient (Wildman–Crippen LogP) is 4.30. The first-order valence-corrected chi connectivity index (χ1v) is 10.4. The van der Waals surface area contributed by atoms with E-state index in [-0.39, 0.29) is 12.5 Å². The number of amides is 1. The van der Waals surface area contributed by atoms with Crippen LogP contribution in [-0.4, -0.2) is 30.5 Å². The molecule has 1 amide bonds. The highest BCUT2D eigenvalue weighted by atomic mass is 79.9. The second-order valence-corrected chi connectivity index (χ2v) is 7.84. The van der Waals surface area contributed by atoms with Gasteiger partial charge >= 0.3 is 0 Å². The van der Waals surface area contributed by atoms with Crippen molar-refractivity contribution in [1.82, 2.24) is 10.2 Å². The van der Waals surface area contributed by atoms with Gasteiger partial charge < -0.3 is 10.1 Å². The minimum atomic E-state index is -0.119. The maximum atomic E-state index is 12.1. The first-order chi connectivity index (χ1) is 13.1. The Morgan fingerprint density at radius 3 is 2.63 bits per heavy atom. The zero-order chi connectivity index (χ0) is 19.1. The van der Waals surface area contributed by atoms with Gasteiger partial charge in [-0.3, -0.25) is 9.69 Å². The molecule has 0 aromatic heterocycles. The molecule has 0 bridgehead atoms. The molecule has 0 aliphatic carbocycles. The van der Waals surface area contributed by atoms with Crippen molar-refractivity contribution < 1.29 is 9.53 Å². The third-order valence-corrected chi connectivity index (χ3v) is 5.47. The molecule has 1 heterocycles. The summed E-state index contributed by atoms with van der Waals surface area (Å²) in [6.45, 7) is 6.01. The summed E-state index contributed by atoms with van der Waals surface area (Å²) in [5.41, 5.74) is 3.65. The molecule has 1 saturated heterocycles. The lowest BCUT2D eigenvalue weighted by Gasteiger charge is -2.15. The highest BCUT2D eigenvalue weighted by molar-refractivity contribution is 9.10. The minimum Gasteiger partial charge on any atom is -0.483 e. The van der Waals surface area contributed by atoms with Crippen molar-refractivity contribution in [2.45, 2.75) is 39.3 Å². The van der Waals surface area contributed by atoms with Crippen LogP contribution in [0.3, 0.4) is 0 Å². The molecular formula is C22H27BrN2O2. The number of halogens is 1. The molecule has 0 saturated carbocycles. The lowest BCUT2D eigenvalue weighted by atomic mass is 10.1. The van der Waals surface area contributed by atoms with Crippen molar-refractivity contribution in [3.05, 3.63) is 63.6 Å². The van der Waals surface area contributed by atoms with E-state index in [4.69, 9.17) is 4.74 Å². The number of nitrogens with one attached hydrogen (secondary N) is 1. The number of rotatable bonds is 8. The fraction of sp³-hybridized carbons (Fsp3) is 0.409. The number of aryl methyl sites for hydroxylation is 1. The molecule has 1 aliphatic rings. The zero-order valence-corrected chi connectivity index (χ0v) is 17.4. The van der Waals surface area contributed by atoms with E-state index in [9.17, 15) is 4.79 Å². The molecule has 0 spiro atoms. The normalized spacial score (nSPS) is 14.3. The Morgan fingerprint density at radius 2 is 1.89 bits per heavy atom. The van der Waals surface area contributed by atoms with E-state index in [2.05, 4.69) is 57.3 Å². The highest BCUT2D eigenvalue weighted by Crippen LogP contribution is 2.26. The molecule has 0 unspecified atom stereocenters. The molecule has 1 N–H and O–H groups in total. The van der Waals surface area contributed by atoms with Crippen LogP contribution in [0.2, 0.25) is 0 Å². The van der Waals surface area contributed by atoms with Crippen molar-refractivity contribution in [3.63, 3.8) is 0 Å². The molecule has 3 rings (SSSR count). The molecule has 1 fully saturated rings. The summed E-state index contributed by atoms with van der Waals surface area (Å²) in [4.78, 5) is 14.6. The fourth-order valence-electron chi connectivity index (χ4n) is 3.31. The van der Waals surface area contributed by atoms with Crippen LogP contribution in [0.5, 0.6) is 5.75 Å². The summed E-state index contributed by atoms with van der Waals surface area (Å²) in [5.74, 6) is 0.571. The number of ether oxygens (including phenoxy) is 1. The number of benzene rings is 2. The van der Waals surface area contributed by atoms with E-state index in [1.165, 1.54) is 37.1 Å². The lowest BCUT2D eigenvalue weighted by molar-refractivity contribution is -0.123. The Labute approximate surface area is 170 Å². The molecule has 4 nitrogen and oxygen atoms in total. The van der Waals surface area contributed by atoms with Crippen LogP contribution in [0.4, 0.5) is 0 Å². The van der Waals surface area contributed by atoms with Crippen LogP contribution in [0.1, 0.15) is 36.5 Å². The first kappa shape index (κ1) is 19.9. The van der Waals surface area contributed by atoms with Gasteiger partial charge in [0.05, 0.1) is 4.47 Å². The fourth-order valence-corrected chi connectivity index (χ4v) is 3.85. The van der Waals surface area contributed by atoms with Gasteiger partial charge in [0.15, 0.2) is 6.61 Å². The van der Waals surface area contributed by atoms with E-state index in [0.717, 1.165) is 23.0 Å². The molecule has 2 aromatic carbocycles.